The number of rotatable bonds is 3. The van der Waals surface area contributed by atoms with Crippen LogP contribution in [0, 0.1) is 5.41 Å². The van der Waals surface area contributed by atoms with Gasteiger partial charge >= 0.3 is 5.97 Å². The minimum Gasteiger partial charge on any atom is -0.480 e. The molecule has 0 aromatic carbocycles. The van der Waals surface area contributed by atoms with Gasteiger partial charge in [0.15, 0.2) is 0 Å². The number of carbonyl (C=O) groups is 2. The van der Waals surface area contributed by atoms with Crippen molar-refractivity contribution in [2.45, 2.75) is 52.2 Å². The number of nitrogens with one attached hydrogen (secondary N) is 1. The lowest BCUT2D eigenvalue weighted by molar-refractivity contribution is -0.150. The van der Waals surface area contributed by atoms with Gasteiger partial charge in [-0.05, 0) is 25.2 Å². The molecule has 0 aromatic heterocycles. The van der Waals surface area contributed by atoms with Gasteiger partial charge in [0.2, 0.25) is 0 Å². The van der Waals surface area contributed by atoms with E-state index in [0.29, 0.717) is 13.0 Å². The quantitative estimate of drug-likeness (QED) is 0.780. The third kappa shape index (κ3) is 3.19. The first-order valence-corrected chi connectivity index (χ1v) is 5.84. The fraction of sp³-hybridized carbons (Fsp3) is 0.833. The van der Waals surface area contributed by atoms with Crippen molar-refractivity contribution >= 4 is 11.9 Å². The summed E-state index contributed by atoms with van der Waals surface area (Å²) in [5, 5.41) is 11.7. The molecule has 1 aliphatic rings. The Morgan fingerprint density at radius 2 is 2.00 bits per heavy atom. The highest BCUT2D eigenvalue weighted by molar-refractivity contribution is 5.89. The first kappa shape index (κ1) is 14.0. The van der Waals surface area contributed by atoms with Gasteiger partial charge < -0.3 is 15.2 Å². The van der Waals surface area contributed by atoms with Gasteiger partial charge in [0.1, 0.15) is 11.6 Å². The Kier molecular flexibility index (Phi) is 3.81. The van der Waals surface area contributed by atoms with Gasteiger partial charge in [-0.2, -0.15) is 0 Å². The van der Waals surface area contributed by atoms with Crippen LogP contribution in [0.25, 0.3) is 0 Å². The summed E-state index contributed by atoms with van der Waals surface area (Å²) in [6.45, 7) is 7.60. The number of hydrogen-bond donors (Lipinski definition) is 2. The van der Waals surface area contributed by atoms with Crippen molar-refractivity contribution in [2.75, 3.05) is 6.61 Å². The molecule has 2 atom stereocenters. The molecule has 1 amide bonds. The molecule has 17 heavy (non-hydrogen) atoms. The molecule has 1 aliphatic heterocycles. The molecule has 1 rings (SSSR count). The molecular weight excluding hydrogens is 222 g/mol. The second-order valence-electron chi connectivity index (χ2n) is 5.79. The molecule has 1 fully saturated rings. The average molecular weight is 243 g/mol. The standard InChI is InChI=1S/C12H21NO4/c1-11(2,3)8(9(14)15)13-10(16)12(4)6-5-7-17-12/h8H,5-7H2,1-4H3,(H,13,16)(H,14,15). The van der Waals surface area contributed by atoms with Crippen LogP contribution in [-0.2, 0) is 14.3 Å². The highest BCUT2D eigenvalue weighted by Gasteiger charge is 2.41. The van der Waals surface area contributed by atoms with Gasteiger partial charge in [-0.25, -0.2) is 4.79 Å². The number of amides is 1. The molecule has 1 saturated heterocycles. The van der Waals surface area contributed by atoms with Crippen molar-refractivity contribution in [1.82, 2.24) is 5.32 Å². The summed E-state index contributed by atoms with van der Waals surface area (Å²) < 4.78 is 5.39. The third-order valence-corrected chi connectivity index (χ3v) is 3.09. The lowest BCUT2D eigenvalue weighted by Gasteiger charge is -2.31. The van der Waals surface area contributed by atoms with E-state index >= 15 is 0 Å². The molecule has 0 radical (unpaired) electrons. The van der Waals surface area contributed by atoms with Crippen LogP contribution in [0.4, 0.5) is 0 Å². The second-order valence-corrected chi connectivity index (χ2v) is 5.79. The van der Waals surface area contributed by atoms with Crippen LogP contribution in [0.5, 0.6) is 0 Å². The van der Waals surface area contributed by atoms with E-state index in [1.165, 1.54) is 0 Å². The van der Waals surface area contributed by atoms with Crippen LogP contribution in [0.1, 0.15) is 40.5 Å². The fourth-order valence-electron chi connectivity index (χ4n) is 1.89. The van der Waals surface area contributed by atoms with Crippen molar-refractivity contribution in [3.63, 3.8) is 0 Å². The Hall–Kier alpha value is -1.10. The maximum absolute atomic E-state index is 12.0. The molecule has 0 aliphatic carbocycles. The van der Waals surface area contributed by atoms with E-state index in [2.05, 4.69) is 5.32 Å². The van der Waals surface area contributed by atoms with Gasteiger partial charge in [-0.1, -0.05) is 20.8 Å². The summed E-state index contributed by atoms with van der Waals surface area (Å²) in [5.74, 6) is -1.36. The van der Waals surface area contributed by atoms with Gasteiger partial charge in [-0.3, -0.25) is 4.79 Å². The van der Waals surface area contributed by atoms with E-state index in [9.17, 15) is 9.59 Å². The van der Waals surface area contributed by atoms with Crippen LogP contribution >= 0.6 is 0 Å². The Bertz CT molecular complexity index is 313. The zero-order valence-corrected chi connectivity index (χ0v) is 10.9. The van der Waals surface area contributed by atoms with Gasteiger partial charge in [0.25, 0.3) is 5.91 Å². The van der Waals surface area contributed by atoms with Crippen LogP contribution in [0.2, 0.25) is 0 Å². The number of carbonyl (C=O) groups excluding carboxylic acids is 1. The van der Waals surface area contributed by atoms with Crippen molar-refractivity contribution in [2.24, 2.45) is 5.41 Å². The topological polar surface area (TPSA) is 75.6 Å². The average Bonchev–Trinajstić information content (AvgIpc) is 2.60. The van der Waals surface area contributed by atoms with E-state index in [-0.39, 0.29) is 5.91 Å². The highest BCUT2D eigenvalue weighted by atomic mass is 16.5. The molecule has 98 valence electrons. The smallest absolute Gasteiger partial charge is 0.326 e. The van der Waals surface area contributed by atoms with Crippen LogP contribution < -0.4 is 5.32 Å². The summed E-state index contributed by atoms with van der Waals surface area (Å²) in [6, 6.07) is -0.906. The van der Waals surface area contributed by atoms with Crippen LogP contribution in [-0.4, -0.2) is 35.2 Å². The summed E-state index contributed by atoms with van der Waals surface area (Å²) in [4.78, 5) is 23.2. The summed E-state index contributed by atoms with van der Waals surface area (Å²) in [7, 11) is 0. The van der Waals surface area contributed by atoms with E-state index in [0.717, 1.165) is 6.42 Å². The highest BCUT2D eigenvalue weighted by Crippen LogP contribution is 2.27. The summed E-state index contributed by atoms with van der Waals surface area (Å²) in [6.07, 6.45) is 1.46. The third-order valence-electron chi connectivity index (χ3n) is 3.09. The number of hydrogen-bond acceptors (Lipinski definition) is 3. The second kappa shape index (κ2) is 4.64. The molecule has 2 N–H and O–H groups in total. The van der Waals surface area contributed by atoms with Crippen LogP contribution in [0.15, 0.2) is 0 Å². The number of ether oxygens (including phenoxy) is 1. The lowest BCUT2D eigenvalue weighted by atomic mass is 9.86. The Labute approximate surface area is 102 Å². The molecule has 0 aromatic rings. The minimum atomic E-state index is -1.02. The maximum Gasteiger partial charge on any atom is 0.326 e. The first-order valence-electron chi connectivity index (χ1n) is 5.84. The zero-order valence-electron chi connectivity index (χ0n) is 10.9. The normalized spacial score (nSPS) is 26.6. The SMILES string of the molecule is CC1(C(=O)NC(C(=O)O)C(C)(C)C)CCCO1. The molecule has 0 saturated carbocycles. The summed E-state index contributed by atoms with van der Waals surface area (Å²) >= 11 is 0. The van der Waals surface area contributed by atoms with Gasteiger partial charge in [0, 0.05) is 6.61 Å². The minimum absolute atomic E-state index is 0.336. The van der Waals surface area contributed by atoms with E-state index < -0.39 is 23.0 Å². The molecular formula is C12H21NO4. The number of carboxylic acids is 1. The largest absolute Gasteiger partial charge is 0.480 e. The monoisotopic (exact) mass is 243 g/mol. The maximum atomic E-state index is 12.0. The molecule has 0 bridgehead atoms. The van der Waals surface area contributed by atoms with Crippen molar-refractivity contribution in [1.29, 1.82) is 0 Å². The Morgan fingerprint density at radius 1 is 1.41 bits per heavy atom. The Morgan fingerprint density at radius 3 is 2.35 bits per heavy atom. The van der Waals surface area contributed by atoms with E-state index in [1.807, 2.05) is 0 Å². The molecule has 5 nitrogen and oxygen atoms in total. The predicted molar refractivity (Wildman–Crippen MR) is 62.6 cm³/mol. The molecule has 0 spiro atoms. The molecule has 1 heterocycles. The number of aliphatic carboxylic acids is 1. The Balaban J connectivity index is 2.75. The van der Waals surface area contributed by atoms with E-state index in [1.54, 1.807) is 27.7 Å². The molecule has 5 heteroatoms. The zero-order chi connectivity index (χ0) is 13.3. The lowest BCUT2D eigenvalue weighted by Crippen LogP contribution is -2.55. The van der Waals surface area contributed by atoms with Gasteiger partial charge in [-0.15, -0.1) is 0 Å². The van der Waals surface area contributed by atoms with Crippen LogP contribution in [0.3, 0.4) is 0 Å². The predicted octanol–water partition coefficient (Wildman–Crippen LogP) is 1.17. The fourth-order valence-corrected chi connectivity index (χ4v) is 1.89. The number of carboxylic acid groups (broad SMARTS) is 1. The molecule has 2 unspecified atom stereocenters. The van der Waals surface area contributed by atoms with E-state index in [4.69, 9.17) is 9.84 Å². The van der Waals surface area contributed by atoms with Gasteiger partial charge in [0.05, 0.1) is 0 Å². The summed E-state index contributed by atoms with van der Waals surface area (Å²) in [5.41, 5.74) is -1.41. The van der Waals surface area contributed by atoms with Crippen molar-refractivity contribution in [3.8, 4) is 0 Å². The van der Waals surface area contributed by atoms with Crippen molar-refractivity contribution < 1.29 is 19.4 Å². The van der Waals surface area contributed by atoms with Crippen molar-refractivity contribution in [3.05, 3.63) is 0 Å². The first-order chi connectivity index (χ1) is 7.67.